The molecule has 0 amide bonds. The monoisotopic (exact) mass is 294 g/mol. The van der Waals surface area contributed by atoms with Crippen LogP contribution in [0.1, 0.15) is 19.3 Å². The molecule has 1 heterocycles. The Kier molecular flexibility index (Phi) is 3.84. The van der Waals surface area contributed by atoms with Gasteiger partial charge in [-0.15, -0.1) is 0 Å². The van der Waals surface area contributed by atoms with E-state index in [0.717, 1.165) is 21.6 Å². The zero-order chi connectivity index (χ0) is 13.2. The van der Waals surface area contributed by atoms with Gasteiger partial charge in [0.05, 0.1) is 17.3 Å². The maximum absolute atomic E-state index is 5.25. The minimum absolute atomic E-state index is 0.567. The maximum Gasteiger partial charge on any atom is 0.184 e. The largest absolute Gasteiger partial charge is 0.497 e. The SMILES string of the molecule is COc1ccc2nc(NC3CCCC3SC)sc2c1. The van der Waals surface area contributed by atoms with Gasteiger partial charge in [-0.05, 0) is 37.3 Å². The van der Waals surface area contributed by atoms with Crippen molar-refractivity contribution in [1.29, 1.82) is 0 Å². The number of methoxy groups -OCH3 is 1. The zero-order valence-corrected chi connectivity index (χ0v) is 12.8. The van der Waals surface area contributed by atoms with Crippen LogP contribution in [0, 0.1) is 0 Å². The summed E-state index contributed by atoms with van der Waals surface area (Å²) in [6, 6.07) is 6.61. The summed E-state index contributed by atoms with van der Waals surface area (Å²) in [6.07, 6.45) is 6.10. The number of aromatic nitrogens is 1. The molecule has 1 aliphatic rings. The van der Waals surface area contributed by atoms with E-state index < -0.39 is 0 Å². The molecule has 102 valence electrons. The third-order valence-corrected chi connectivity index (χ3v) is 5.78. The molecule has 1 saturated carbocycles. The Morgan fingerprint density at radius 2 is 2.32 bits per heavy atom. The topological polar surface area (TPSA) is 34.1 Å². The smallest absolute Gasteiger partial charge is 0.184 e. The van der Waals surface area contributed by atoms with Gasteiger partial charge >= 0.3 is 0 Å². The number of fused-ring (bicyclic) bond motifs is 1. The van der Waals surface area contributed by atoms with Crippen molar-refractivity contribution in [3.8, 4) is 5.75 Å². The van der Waals surface area contributed by atoms with E-state index in [-0.39, 0.29) is 0 Å². The summed E-state index contributed by atoms with van der Waals surface area (Å²) in [4.78, 5) is 4.66. The average molecular weight is 294 g/mol. The molecule has 1 N–H and O–H groups in total. The highest BCUT2D eigenvalue weighted by Crippen LogP contribution is 2.34. The van der Waals surface area contributed by atoms with Crippen molar-refractivity contribution in [3.05, 3.63) is 18.2 Å². The lowest BCUT2D eigenvalue weighted by Gasteiger charge is -2.18. The first-order chi connectivity index (χ1) is 9.30. The molecule has 3 nitrogen and oxygen atoms in total. The van der Waals surface area contributed by atoms with Crippen LogP contribution in [0.5, 0.6) is 5.75 Å². The van der Waals surface area contributed by atoms with E-state index in [1.165, 1.54) is 24.0 Å². The van der Waals surface area contributed by atoms with Crippen molar-refractivity contribution in [2.75, 3.05) is 18.7 Å². The van der Waals surface area contributed by atoms with Crippen molar-refractivity contribution < 1.29 is 4.74 Å². The number of hydrogen-bond acceptors (Lipinski definition) is 5. The molecule has 2 unspecified atom stereocenters. The third-order valence-electron chi connectivity index (χ3n) is 3.66. The standard InChI is InChI=1S/C14H18N2OS2/c1-17-9-6-7-11-13(8-9)19-14(16-11)15-10-4-3-5-12(10)18-2/h6-8,10,12H,3-5H2,1-2H3,(H,15,16). The van der Waals surface area contributed by atoms with Crippen LogP contribution in [0.4, 0.5) is 5.13 Å². The quantitative estimate of drug-likeness (QED) is 0.924. The summed E-state index contributed by atoms with van der Waals surface area (Å²) in [7, 11) is 1.70. The van der Waals surface area contributed by atoms with Crippen molar-refractivity contribution in [1.82, 2.24) is 4.98 Å². The lowest BCUT2D eigenvalue weighted by Crippen LogP contribution is -2.25. The first-order valence-electron chi connectivity index (χ1n) is 6.54. The third kappa shape index (κ3) is 2.67. The van der Waals surface area contributed by atoms with Crippen LogP contribution in [0.3, 0.4) is 0 Å². The lowest BCUT2D eigenvalue weighted by atomic mass is 10.2. The van der Waals surface area contributed by atoms with Crippen LogP contribution in [-0.2, 0) is 0 Å². The van der Waals surface area contributed by atoms with Gasteiger partial charge < -0.3 is 10.1 Å². The number of ether oxygens (including phenoxy) is 1. The second-order valence-electron chi connectivity index (χ2n) is 4.81. The number of hydrogen-bond donors (Lipinski definition) is 1. The second-order valence-corrected chi connectivity index (χ2v) is 6.92. The van der Waals surface area contributed by atoms with Gasteiger partial charge in [0.15, 0.2) is 5.13 Å². The van der Waals surface area contributed by atoms with E-state index in [1.54, 1.807) is 18.4 Å². The Labute approximate surface area is 121 Å². The highest BCUT2D eigenvalue weighted by molar-refractivity contribution is 7.99. The Bertz CT molecular complexity index is 570. The molecule has 19 heavy (non-hydrogen) atoms. The Hall–Kier alpha value is -0.940. The molecule has 5 heteroatoms. The van der Waals surface area contributed by atoms with Gasteiger partial charge in [-0.3, -0.25) is 0 Å². The molecular weight excluding hydrogens is 276 g/mol. The lowest BCUT2D eigenvalue weighted by molar-refractivity contribution is 0.415. The predicted molar refractivity (Wildman–Crippen MR) is 84.7 cm³/mol. The van der Waals surface area contributed by atoms with E-state index in [1.807, 2.05) is 23.9 Å². The summed E-state index contributed by atoms with van der Waals surface area (Å²) in [5.74, 6) is 0.894. The summed E-state index contributed by atoms with van der Waals surface area (Å²) in [6.45, 7) is 0. The van der Waals surface area contributed by atoms with E-state index in [4.69, 9.17) is 4.74 Å². The Morgan fingerprint density at radius 3 is 3.11 bits per heavy atom. The summed E-state index contributed by atoms with van der Waals surface area (Å²) in [5, 5.41) is 5.37. The average Bonchev–Trinajstić information content (AvgIpc) is 3.03. The van der Waals surface area contributed by atoms with Crippen LogP contribution < -0.4 is 10.1 Å². The van der Waals surface area contributed by atoms with E-state index in [2.05, 4.69) is 22.6 Å². The van der Waals surface area contributed by atoms with Crippen LogP contribution in [0.15, 0.2) is 18.2 Å². The molecule has 3 rings (SSSR count). The van der Waals surface area contributed by atoms with Crippen molar-refractivity contribution in [3.63, 3.8) is 0 Å². The summed E-state index contributed by atoms with van der Waals surface area (Å²) >= 11 is 3.68. The van der Waals surface area contributed by atoms with Gasteiger partial charge in [0.1, 0.15) is 5.75 Å². The molecule has 0 saturated heterocycles. The number of benzene rings is 1. The van der Waals surface area contributed by atoms with Crippen LogP contribution >= 0.6 is 23.1 Å². The number of rotatable bonds is 4. The number of nitrogens with one attached hydrogen (secondary N) is 1. The van der Waals surface area contributed by atoms with E-state index >= 15 is 0 Å². The molecule has 1 fully saturated rings. The van der Waals surface area contributed by atoms with E-state index in [0.29, 0.717) is 6.04 Å². The van der Waals surface area contributed by atoms with Crippen LogP contribution in [0.25, 0.3) is 10.2 Å². The second kappa shape index (κ2) is 5.59. The highest BCUT2D eigenvalue weighted by Gasteiger charge is 2.26. The van der Waals surface area contributed by atoms with Gasteiger partial charge in [-0.2, -0.15) is 11.8 Å². The molecule has 2 atom stereocenters. The molecule has 0 bridgehead atoms. The molecule has 0 spiro atoms. The fourth-order valence-corrected chi connectivity index (χ4v) is 4.52. The molecule has 0 radical (unpaired) electrons. The molecule has 2 aromatic rings. The Balaban J connectivity index is 1.81. The van der Waals surface area contributed by atoms with Crippen molar-refractivity contribution in [2.45, 2.75) is 30.6 Å². The summed E-state index contributed by atoms with van der Waals surface area (Å²) in [5.41, 5.74) is 1.05. The van der Waals surface area contributed by atoms with Gasteiger partial charge in [0.2, 0.25) is 0 Å². The normalized spacial score (nSPS) is 22.8. The van der Waals surface area contributed by atoms with Gasteiger partial charge in [-0.25, -0.2) is 4.98 Å². The van der Waals surface area contributed by atoms with Gasteiger partial charge in [0, 0.05) is 11.3 Å². The van der Waals surface area contributed by atoms with E-state index in [9.17, 15) is 0 Å². The number of anilines is 1. The number of thiazole rings is 1. The molecule has 1 aliphatic carbocycles. The van der Waals surface area contributed by atoms with Crippen molar-refractivity contribution >= 4 is 38.4 Å². The minimum atomic E-state index is 0.567. The zero-order valence-electron chi connectivity index (χ0n) is 11.2. The maximum atomic E-state index is 5.25. The number of nitrogens with zero attached hydrogens (tertiary/aromatic N) is 1. The fourth-order valence-electron chi connectivity index (χ4n) is 2.63. The first kappa shape index (κ1) is 13.1. The fraction of sp³-hybridized carbons (Fsp3) is 0.500. The summed E-state index contributed by atoms with van der Waals surface area (Å²) < 4.78 is 6.44. The number of thioether (sulfide) groups is 1. The first-order valence-corrected chi connectivity index (χ1v) is 8.64. The van der Waals surface area contributed by atoms with Crippen LogP contribution in [0.2, 0.25) is 0 Å². The molecule has 1 aromatic carbocycles. The highest BCUT2D eigenvalue weighted by atomic mass is 32.2. The van der Waals surface area contributed by atoms with Crippen molar-refractivity contribution in [2.24, 2.45) is 0 Å². The molecule has 0 aliphatic heterocycles. The molecular formula is C14H18N2OS2. The predicted octanol–water partition coefficient (Wildman–Crippen LogP) is 4.00. The van der Waals surface area contributed by atoms with Gasteiger partial charge in [-0.1, -0.05) is 17.8 Å². The van der Waals surface area contributed by atoms with Gasteiger partial charge in [0.25, 0.3) is 0 Å². The minimum Gasteiger partial charge on any atom is -0.497 e. The molecule has 1 aromatic heterocycles. The van der Waals surface area contributed by atoms with Crippen LogP contribution in [-0.4, -0.2) is 29.6 Å². The Morgan fingerprint density at radius 1 is 1.42 bits per heavy atom.